The molecular formula is C13H17BFNO3. The summed E-state index contributed by atoms with van der Waals surface area (Å²) >= 11 is 0. The van der Waals surface area contributed by atoms with Crippen LogP contribution in [-0.2, 0) is 20.5 Å². The Labute approximate surface area is 112 Å². The van der Waals surface area contributed by atoms with Gasteiger partial charge in [0.2, 0.25) is 0 Å². The third-order valence-electron chi connectivity index (χ3n) is 3.81. The normalized spacial score (nSPS) is 20.6. The number of halogens is 1. The Balaban J connectivity index is 2.41. The van der Waals surface area contributed by atoms with Crippen LogP contribution in [0.4, 0.5) is 4.39 Å². The Morgan fingerprint density at radius 2 is 1.84 bits per heavy atom. The lowest BCUT2D eigenvalue weighted by Crippen LogP contribution is -2.41. The largest absolute Gasteiger partial charge is 0.498 e. The maximum absolute atomic E-state index is 14.0. The molecule has 2 heterocycles. The number of carbonyl (C=O) groups excluding carboxylic acids is 1. The second-order valence-corrected chi connectivity index (χ2v) is 5.65. The smallest absolute Gasteiger partial charge is 0.399 e. The molecule has 0 atom stereocenters. The summed E-state index contributed by atoms with van der Waals surface area (Å²) in [4.78, 5) is 14.4. The van der Waals surface area contributed by atoms with Crippen molar-refractivity contribution in [1.82, 2.24) is 4.98 Å². The van der Waals surface area contributed by atoms with Gasteiger partial charge in [0.1, 0.15) is 12.1 Å². The highest BCUT2D eigenvalue weighted by molar-refractivity contribution is 6.62. The Kier molecular flexibility index (Phi) is 3.49. The molecule has 0 bridgehead atoms. The zero-order valence-electron chi connectivity index (χ0n) is 11.6. The van der Waals surface area contributed by atoms with Gasteiger partial charge in [-0.15, -0.1) is 0 Å². The Bertz CT molecular complexity index is 489. The van der Waals surface area contributed by atoms with Gasteiger partial charge in [0, 0.05) is 18.1 Å². The first kappa shape index (κ1) is 14.2. The van der Waals surface area contributed by atoms with E-state index in [1.807, 2.05) is 27.7 Å². The van der Waals surface area contributed by atoms with E-state index in [1.165, 1.54) is 6.20 Å². The highest BCUT2D eigenvalue weighted by Crippen LogP contribution is 2.36. The molecule has 1 aromatic rings. The van der Waals surface area contributed by atoms with Crippen molar-refractivity contribution < 1.29 is 18.5 Å². The average molecular weight is 265 g/mol. The first-order valence-corrected chi connectivity index (χ1v) is 6.20. The second kappa shape index (κ2) is 4.69. The van der Waals surface area contributed by atoms with E-state index in [4.69, 9.17) is 9.31 Å². The summed E-state index contributed by atoms with van der Waals surface area (Å²) in [5.41, 5.74) is -0.341. The summed E-state index contributed by atoms with van der Waals surface area (Å²) < 4.78 is 25.6. The van der Waals surface area contributed by atoms with E-state index in [1.54, 1.807) is 0 Å². The maximum Gasteiger partial charge on any atom is 0.498 e. The monoisotopic (exact) mass is 265 g/mol. The lowest BCUT2D eigenvalue weighted by atomic mass is 9.75. The number of nitrogens with zero attached hydrogens (tertiary/aromatic N) is 1. The van der Waals surface area contributed by atoms with E-state index in [-0.39, 0.29) is 11.9 Å². The van der Waals surface area contributed by atoms with E-state index in [0.717, 1.165) is 6.20 Å². The molecule has 0 aromatic carbocycles. The summed E-state index contributed by atoms with van der Waals surface area (Å²) in [5, 5.41) is 0. The minimum atomic E-state index is -0.817. The summed E-state index contributed by atoms with van der Waals surface area (Å²) in [6, 6.07) is 0. The molecule has 2 rings (SSSR count). The lowest BCUT2D eigenvalue weighted by Gasteiger charge is -2.32. The minimum absolute atomic E-state index is 0.0875. The van der Waals surface area contributed by atoms with Gasteiger partial charge in [-0.25, -0.2) is 4.39 Å². The fourth-order valence-corrected chi connectivity index (χ4v) is 1.96. The van der Waals surface area contributed by atoms with Gasteiger partial charge in [-0.3, -0.25) is 4.98 Å². The van der Waals surface area contributed by atoms with Crippen molar-refractivity contribution >= 4 is 18.9 Å². The van der Waals surface area contributed by atoms with Crippen LogP contribution >= 0.6 is 0 Å². The second-order valence-electron chi connectivity index (χ2n) is 5.65. The van der Waals surface area contributed by atoms with Crippen LogP contribution < -0.4 is 5.46 Å². The predicted molar refractivity (Wildman–Crippen MR) is 69.7 cm³/mol. The molecule has 1 aliphatic heterocycles. The van der Waals surface area contributed by atoms with Crippen molar-refractivity contribution in [3.8, 4) is 0 Å². The fraction of sp³-hybridized carbons (Fsp3) is 0.538. The van der Waals surface area contributed by atoms with Gasteiger partial charge in [0.05, 0.1) is 17.4 Å². The Morgan fingerprint density at radius 1 is 1.26 bits per heavy atom. The molecule has 1 saturated heterocycles. The molecule has 0 aliphatic carbocycles. The van der Waals surface area contributed by atoms with Crippen LogP contribution in [0.1, 0.15) is 33.3 Å². The topological polar surface area (TPSA) is 48.4 Å². The van der Waals surface area contributed by atoms with Crippen molar-refractivity contribution in [3.05, 3.63) is 23.8 Å². The van der Waals surface area contributed by atoms with Gasteiger partial charge < -0.3 is 14.1 Å². The van der Waals surface area contributed by atoms with Crippen LogP contribution in [0.5, 0.6) is 0 Å². The summed E-state index contributed by atoms with van der Waals surface area (Å²) in [7, 11) is -0.817. The number of aldehydes is 1. The molecule has 0 spiro atoms. The van der Waals surface area contributed by atoms with Crippen LogP contribution in [0.3, 0.4) is 0 Å². The first-order chi connectivity index (χ1) is 8.78. The van der Waals surface area contributed by atoms with Gasteiger partial charge in [0.15, 0.2) is 0 Å². The molecule has 19 heavy (non-hydrogen) atoms. The lowest BCUT2D eigenvalue weighted by molar-refractivity contribution is -0.107. The molecular weight excluding hydrogens is 248 g/mol. The molecule has 0 N–H and O–H groups in total. The minimum Gasteiger partial charge on any atom is -0.399 e. The Morgan fingerprint density at radius 3 is 2.37 bits per heavy atom. The zero-order chi connectivity index (χ0) is 14.3. The van der Waals surface area contributed by atoms with Crippen LogP contribution in [0.15, 0.2) is 12.4 Å². The highest BCUT2D eigenvalue weighted by Gasteiger charge is 2.53. The number of carbonyl (C=O) groups is 1. The van der Waals surface area contributed by atoms with E-state index in [0.29, 0.717) is 11.8 Å². The molecule has 0 saturated carbocycles. The fourth-order valence-electron chi connectivity index (χ4n) is 1.96. The number of hydrogen-bond acceptors (Lipinski definition) is 4. The van der Waals surface area contributed by atoms with Crippen molar-refractivity contribution in [2.45, 2.75) is 45.3 Å². The third-order valence-corrected chi connectivity index (χ3v) is 3.81. The molecule has 1 fully saturated rings. The zero-order valence-corrected chi connectivity index (χ0v) is 11.6. The van der Waals surface area contributed by atoms with Crippen molar-refractivity contribution in [3.63, 3.8) is 0 Å². The molecule has 0 amide bonds. The van der Waals surface area contributed by atoms with Gasteiger partial charge in [-0.05, 0) is 33.3 Å². The Hall–Kier alpha value is -1.27. The molecule has 1 aromatic heterocycles. The molecule has 0 unspecified atom stereocenters. The van der Waals surface area contributed by atoms with Crippen LogP contribution in [0, 0.1) is 5.82 Å². The number of rotatable bonds is 3. The van der Waals surface area contributed by atoms with Crippen LogP contribution in [0.25, 0.3) is 0 Å². The SMILES string of the molecule is CC1(C)OB(c2c(F)cncc2CC=O)OC1(C)C. The van der Waals surface area contributed by atoms with E-state index in [2.05, 4.69) is 4.98 Å². The van der Waals surface area contributed by atoms with Crippen LogP contribution in [0.2, 0.25) is 0 Å². The van der Waals surface area contributed by atoms with Crippen molar-refractivity contribution in [2.24, 2.45) is 0 Å². The van der Waals surface area contributed by atoms with Crippen molar-refractivity contribution in [1.29, 1.82) is 0 Å². The number of aromatic nitrogens is 1. The van der Waals surface area contributed by atoms with Gasteiger partial charge in [0.25, 0.3) is 0 Å². The van der Waals surface area contributed by atoms with Gasteiger partial charge in [-0.1, -0.05) is 0 Å². The number of hydrogen-bond donors (Lipinski definition) is 0. The number of pyridine rings is 1. The highest BCUT2D eigenvalue weighted by atomic mass is 19.1. The molecule has 4 nitrogen and oxygen atoms in total. The third kappa shape index (κ3) is 2.42. The standard InChI is InChI=1S/C13H17BFNO3/c1-12(2)13(3,4)19-14(18-12)11-9(5-6-17)7-16-8-10(11)15/h6-8H,5H2,1-4H3. The maximum atomic E-state index is 14.0. The van der Waals surface area contributed by atoms with E-state index >= 15 is 0 Å². The first-order valence-electron chi connectivity index (χ1n) is 6.20. The molecule has 6 heteroatoms. The summed E-state index contributed by atoms with van der Waals surface area (Å²) in [5.74, 6) is -0.516. The van der Waals surface area contributed by atoms with Gasteiger partial charge in [-0.2, -0.15) is 0 Å². The molecule has 0 radical (unpaired) electrons. The quantitative estimate of drug-likeness (QED) is 0.609. The van der Waals surface area contributed by atoms with E-state index in [9.17, 15) is 9.18 Å². The molecule has 102 valence electrons. The summed E-state index contributed by atoms with van der Waals surface area (Å²) in [6.45, 7) is 7.58. The summed E-state index contributed by atoms with van der Waals surface area (Å²) in [6.07, 6.45) is 3.38. The molecule has 1 aliphatic rings. The van der Waals surface area contributed by atoms with Gasteiger partial charge >= 0.3 is 7.12 Å². The van der Waals surface area contributed by atoms with E-state index < -0.39 is 24.1 Å². The van der Waals surface area contributed by atoms with Crippen LogP contribution in [-0.4, -0.2) is 29.6 Å². The van der Waals surface area contributed by atoms with Crippen molar-refractivity contribution in [2.75, 3.05) is 0 Å². The average Bonchev–Trinajstić information content (AvgIpc) is 2.48. The predicted octanol–water partition coefficient (Wildman–Crippen LogP) is 1.26.